The largest absolute Gasteiger partial charge is 0.208 e. The molecule has 0 fully saturated rings. The molecule has 4 heteroatoms. The Bertz CT molecular complexity index is 2760. The van der Waals surface area contributed by atoms with Crippen LogP contribution in [0.4, 0.5) is 0 Å². The highest BCUT2D eigenvalue weighted by molar-refractivity contribution is 7.20. The van der Waals surface area contributed by atoms with Crippen molar-refractivity contribution in [2.45, 2.75) is 6.92 Å². The summed E-state index contributed by atoms with van der Waals surface area (Å²) in [6.45, 7) is 6.02. The van der Waals surface area contributed by atoms with Gasteiger partial charge in [0.05, 0.1) is 0 Å². The molecule has 2 heterocycles. The fraction of sp³-hybridized carbons (Fsp3) is 0.0227. The van der Waals surface area contributed by atoms with Crippen LogP contribution in [0, 0.1) is 6.92 Å². The van der Waals surface area contributed by atoms with Crippen LogP contribution < -0.4 is 0 Å². The molecule has 0 radical (unpaired) electrons. The lowest BCUT2D eigenvalue weighted by molar-refractivity contribution is 1.08. The first-order valence-electron chi connectivity index (χ1n) is 16.1. The number of hydrogen-bond acceptors (Lipinski definition) is 4. The van der Waals surface area contributed by atoms with Gasteiger partial charge < -0.3 is 0 Å². The van der Waals surface area contributed by atoms with Gasteiger partial charge in [0.15, 0.2) is 17.5 Å². The standard InChI is InChI=1S/C44H29N3S/c1-3-4-16-39-27(2)41-38(15-10-17-40(41)48-39)44-46-42(29-12-6-5-7-13-29)45-43(47-44)31-20-21-33-30(26-31)19-23-37-35(33)25-24-34-32-14-9-8-11-28(32)18-22-36(34)37/h3-26H,1H2,2H3/b16-4-. The minimum atomic E-state index is 0.655. The molecule has 0 aliphatic carbocycles. The van der Waals surface area contributed by atoms with Crippen molar-refractivity contribution >= 4 is 70.6 Å². The minimum Gasteiger partial charge on any atom is -0.208 e. The number of aromatic nitrogens is 3. The van der Waals surface area contributed by atoms with Crippen LogP contribution in [-0.2, 0) is 0 Å². The van der Waals surface area contributed by atoms with E-state index in [-0.39, 0.29) is 0 Å². The molecule has 0 N–H and O–H groups in total. The van der Waals surface area contributed by atoms with Gasteiger partial charge in [-0.3, -0.25) is 0 Å². The van der Waals surface area contributed by atoms with Crippen molar-refractivity contribution < 1.29 is 0 Å². The molecule has 0 amide bonds. The summed E-state index contributed by atoms with van der Waals surface area (Å²) in [6.07, 6.45) is 5.92. The number of benzene rings is 7. The predicted molar refractivity (Wildman–Crippen MR) is 206 cm³/mol. The van der Waals surface area contributed by atoms with Crippen molar-refractivity contribution in [2.75, 3.05) is 0 Å². The average Bonchev–Trinajstić information content (AvgIpc) is 3.48. The molecule has 7 aromatic carbocycles. The van der Waals surface area contributed by atoms with Gasteiger partial charge in [-0.15, -0.1) is 11.3 Å². The first kappa shape index (κ1) is 28.3. The Morgan fingerprint density at radius 3 is 1.96 bits per heavy atom. The monoisotopic (exact) mass is 631 g/mol. The van der Waals surface area contributed by atoms with Crippen molar-refractivity contribution in [3.05, 3.63) is 157 Å². The van der Waals surface area contributed by atoms with Gasteiger partial charge >= 0.3 is 0 Å². The van der Waals surface area contributed by atoms with Gasteiger partial charge in [-0.2, -0.15) is 0 Å². The summed E-state index contributed by atoms with van der Waals surface area (Å²) in [6, 6.07) is 45.2. The smallest absolute Gasteiger partial charge is 0.164 e. The van der Waals surface area contributed by atoms with Gasteiger partial charge in [-0.25, -0.2) is 15.0 Å². The van der Waals surface area contributed by atoms with E-state index in [1.54, 1.807) is 11.3 Å². The van der Waals surface area contributed by atoms with Crippen LogP contribution in [0.1, 0.15) is 10.4 Å². The zero-order chi connectivity index (χ0) is 32.2. The van der Waals surface area contributed by atoms with Gasteiger partial charge in [0.25, 0.3) is 0 Å². The van der Waals surface area contributed by atoms with Crippen LogP contribution in [0.2, 0.25) is 0 Å². The molecule has 48 heavy (non-hydrogen) atoms. The molecule has 0 bridgehead atoms. The summed E-state index contributed by atoms with van der Waals surface area (Å²) in [5, 5.41) is 11.1. The normalized spacial score (nSPS) is 11.9. The second kappa shape index (κ2) is 11.4. The van der Waals surface area contributed by atoms with Crippen LogP contribution in [0.25, 0.3) is 93.4 Å². The van der Waals surface area contributed by atoms with E-state index in [0.717, 1.165) is 22.1 Å². The number of thiophene rings is 1. The first-order valence-corrected chi connectivity index (χ1v) is 16.9. The SMILES string of the molecule is C=C/C=C\c1sc2cccc(-c3nc(-c4ccccc4)nc(-c4ccc5c(ccc6c5ccc5c7ccccc7ccc56)c4)n3)c2c1C. The molecule has 9 aromatic rings. The zero-order valence-corrected chi connectivity index (χ0v) is 27.1. The van der Waals surface area contributed by atoms with Crippen LogP contribution in [-0.4, -0.2) is 15.0 Å². The van der Waals surface area contributed by atoms with E-state index in [2.05, 4.69) is 129 Å². The van der Waals surface area contributed by atoms with E-state index in [1.165, 1.54) is 58.2 Å². The van der Waals surface area contributed by atoms with E-state index in [9.17, 15) is 0 Å². The number of rotatable bonds is 5. The van der Waals surface area contributed by atoms with E-state index < -0.39 is 0 Å². The Balaban J connectivity index is 1.23. The van der Waals surface area contributed by atoms with Crippen LogP contribution >= 0.6 is 11.3 Å². The quantitative estimate of drug-likeness (QED) is 0.140. The predicted octanol–water partition coefficient (Wildman–Crippen LogP) is 12.2. The number of allylic oxidation sites excluding steroid dienone is 2. The Morgan fingerprint density at radius 2 is 1.17 bits per heavy atom. The molecule has 0 saturated heterocycles. The molecule has 0 unspecified atom stereocenters. The lowest BCUT2D eigenvalue weighted by Crippen LogP contribution is -2.00. The Kier molecular flexibility index (Phi) is 6.70. The van der Waals surface area contributed by atoms with Gasteiger partial charge in [-0.05, 0) is 73.8 Å². The van der Waals surface area contributed by atoms with E-state index in [4.69, 9.17) is 15.0 Å². The molecule has 0 aliphatic heterocycles. The third-order valence-electron chi connectivity index (χ3n) is 9.28. The summed E-state index contributed by atoms with van der Waals surface area (Å²) >= 11 is 1.77. The molecule has 0 spiro atoms. The maximum Gasteiger partial charge on any atom is 0.164 e. The highest BCUT2D eigenvalue weighted by Gasteiger charge is 2.18. The number of nitrogens with zero attached hydrogens (tertiary/aromatic N) is 3. The second-order valence-electron chi connectivity index (χ2n) is 12.1. The summed E-state index contributed by atoms with van der Waals surface area (Å²) in [7, 11) is 0. The highest BCUT2D eigenvalue weighted by atomic mass is 32.1. The van der Waals surface area contributed by atoms with Crippen molar-refractivity contribution in [3.8, 4) is 34.2 Å². The molecule has 0 aliphatic rings. The second-order valence-corrected chi connectivity index (χ2v) is 13.2. The maximum atomic E-state index is 5.15. The average molecular weight is 632 g/mol. The molecule has 2 aromatic heterocycles. The maximum absolute atomic E-state index is 5.15. The van der Waals surface area contributed by atoms with Crippen LogP contribution in [0.15, 0.2) is 146 Å². The molecule has 0 atom stereocenters. The fourth-order valence-electron chi connectivity index (χ4n) is 6.95. The van der Waals surface area contributed by atoms with E-state index in [1.807, 2.05) is 30.4 Å². The molecule has 3 nitrogen and oxygen atoms in total. The molecule has 9 rings (SSSR count). The van der Waals surface area contributed by atoms with Gasteiger partial charge in [0.1, 0.15) is 0 Å². The molecular weight excluding hydrogens is 603 g/mol. The Morgan fingerprint density at radius 1 is 0.542 bits per heavy atom. The van der Waals surface area contributed by atoms with E-state index >= 15 is 0 Å². The van der Waals surface area contributed by atoms with Gasteiger partial charge in [0, 0.05) is 31.7 Å². The van der Waals surface area contributed by atoms with Gasteiger partial charge in [-0.1, -0.05) is 134 Å². The molecule has 226 valence electrons. The third kappa shape index (κ3) is 4.61. The van der Waals surface area contributed by atoms with Gasteiger partial charge in [0.2, 0.25) is 0 Å². The molecule has 0 saturated carbocycles. The first-order chi connectivity index (χ1) is 23.7. The molecular formula is C44H29N3S. The summed E-state index contributed by atoms with van der Waals surface area (Å²) in [5.74, 6) is 1.98. The fourth-order valence-corrected chi connectivity index (χ4v) is 8.10. The number of fused-ring (bicyclic) bond motifs is 8. The lowest BCUT2D eigenvalue weighted by Gasteiger charge is -2.12. The van der Waals surface area contributed by atoms with Crippen molar-refractivity contribution in [3.63, 3.8) is 0 Å². The third-order valence-corrected chi connectivity index (χ3v) is 10.5. The Labute approximate surface area is 282 Å². The van der Waals surface area contributed by atoms with Crippen molar-refractivity contribution in [2.24, 2.45) is 0 Å². The van der Waals surface area contributed by atoms with Crippen LogP contribution in [0.3, 0.4) is 0 Å². The summed E-state index contributed by atoms with van der Waals surface area (Å²) in [5.41, 5.74) is 4.13. The Hall–Kier alpha value is -5.97. The van der Waals surface area contributed by atoms with Crippen LogP contribution in [0.5, 0.6) is 0 Å². The number of aryl methyl sites for hydroxylation is 1. The highest BCUT2D eigenvalue weighted by Crippen LogP contribution is 2.39. The lowest BCUT2D eigenvalue weighted by atomic mass is 9.94. The summed E-state index contributed by atoms with van der Waals surface area (Å²) < 4.78 is 1.20. The topological polar surface area (TPSA) is 38.7 Å². The summed E-state index contributed by atoms with van der Waals surface area (Å²) in [4.78, 5) is 16.5. The zero-order valence-electron chi connectivity index (χ0n) is 26.3. The minimum absolute atomic E-state index is 0.655. The van der Waals surface area contributed by atoms with Crippen molar-refractivity contribution in [1.82, 2.24) is 15.0 Å². The van der Waals surface area contributed by atoms with E-state index in [0.29, 0.717) is 17.5 Å². The van der Waals surface area contributed by atoms with Crippen molar-refractivity contribution in [1.29, 1.82) is 0 Å². The number of hydrogen-bond donors (Lipinski definition) is 0.